The van der Waals surface area contributed by atoms with Gasteiger partial charge in [0.1, 0.15) is 11.5 Å². The third-order valence-electron chi connectivity index (χ3n) is 2.94. The van der Waals surface area contributed by atoms with Crippen LogP contribution in [0.1, 0.15) is 26.7 Å². The molecule has 0 aliphatic carbocycles. The molecule has 0 aliphatic heterocycles. The lowest BCUT2D eigenvalue weighted by Gasteiger charge is -2.08. The predicted octanol–water partition coefficient (Wildman–Crippen LogP) is 2.41. The van der Waals surface area contributed by atoms with E-state index in [9.17, 15) is 0 Å². The molecule has 1 aromatic rings. The van der Waals surface area contributed by atoms with Crippen molar-refractivity contribution in [1.82, 2.24) is 5.32 Å². The van der Waals surface area contributed by atoms with Crippen LogP contribution in [-0.4, -0.2) is 32.8 Å². The molecule has 0 atom stereocenters. The Labute approximate surface area is 127 Å². The lowest BCUT2D eigenvalue weighted by Crippen LogP contribution is -2.33. The molecule has 0 unspecified atom stereocenters. The first kappa shape index (κ1) is 17.1. The van der Waals surface area contributed by atoms with Crippen molar-refractivity contribution in [2.45, 2.75) is 26.7 Å². The third-order valence-corrected chi connectivity index (χ3v) is 2.94. The molecule has 5 nitrogen and oxygen atoms in total. The number of methoxy groups -OCH3 is 1. The van der Waals surface area contributed by atoms with Crippen LogP contribution in [0, 0.1) is 5.92 Å². The number of ether oxygens (including phenoxy) is 2. The monoisotopic (exact) mass is 293 g/mol. The van der Waals surface area contributed by atoms with Gasteiger partial charge in [-0.2, -0.15) is 0 Å². The van der Waals surface area contributed by atoms with E-state index in [4.69, 9.17) is 15.2 Å². The van der Waals surface area contributed by atoms with Crippen LogP contribution in [0.25, 0.3) is 0 Å². The molecule has 0 radical (unpaired) electrons. The van der Waals surface area contributed by atoms with Gasteiger partial charge < -0.3 is 20.5 Å². The van der Waals surface area contributed by atoms with E-state index in [0.717, 1.165) is 30.9 Å². The highest BCUT2D eigenvalue weighted by atomic mass is 16.5. The Bertz CT molecular complexity index is 416. The smallest absolute Gasteiger partial charge is 0.188 e. The summed E-state index contributed by atoms with van der Waals surface area (Å²) in [6.45, 7) is 6.53. The standard InChI is InChI=1S/C16H27N3O2/c1-13(2)9-11-19-16(17)18-10-4-12-21-15-7-5-14(20-3)6-8-15/h5-8,13H,4,9-12H2,1-3H3,(H3,17,18,19). The zero-order chi connectivity index (χ0) is 15.5. The summed E-state index contributed by atoms with van der Waals surface area (Å²) in [6, 6.07) is 7.54. The number of benzene rings is 1. The summed E-state index contributed by atoms with van der Waals surface area (Å²) < 4.78 is 10.7. The molecule has 0 bridgehead atoms. The summed E-state index contributed by atoms with van der Waals surface area (Å²) in [5, 5.41) is 3.11. The summed E-state index contributed by atoms with van der Waals surface area (Å²) >= 11 is 0. The normalized spacial score (nSPS) is 11.5. The average Bonchev–Trinajstić information content (AvgIpc) is 2.47. The van der Waals surface area contributed by atoms with Gasteiger partial charge in [0.2, 0.25) is 0 Å². The molecule has 21 heavy (non-hydrogen) atoms. The van der Waals surface area contributed by atoms with Gasteiger partial charge in [0.25, 0.3) is 0 Å². The highest BCUT2D eigenvalue weighted by Crippen LogP contribution is 2.16. The molecule has 0 spiro atoms. The lowest BCUT2D eigenvalue weighted by molar-refractivity contribution is 0.312. The SMILES string of the molecule is COc1ccc(OCCCN=C(N)NCCC(C)C)cc1. The van der Waals surface area contributed by atoms with E-state index in [1.54, 1.807) is 7.11 Å². The highest BCUT2D eigenvalue weighted by molar-refractivity contribution is 5.77. The maximum atomic E-state index is 5.77. The molecular formula is C16H27N3O2. The zero-order valence-electron chi connectivity index (χ0n) is 13.3. The molecule has 118 valence electrons. The number of nitrogens with two attached hydrogens (primary N) is 1. The Morgan fingerprint density at radius 1 is 1.24 bits per heavy atom. The highest BCUT2D eigenvalue weighted by Gasteiger charge is 1.96. The summed E-state index contributed by atoms with van der Waals surface area (Å²) in [5.41, 5.74) is 5.77. The van der Waals surface area contributed by atoms with Crippen molar-refractivity contribution in [3.63, 3.8) is 0 Å². The Hall–Kier alpha value is -1.91. The van der Waals surface area contributed by atoms with Crippen LogP contribution >= 0.6 is 0 Å². The fraction of sp³-hybridized carbons (Fsp3) is 0.562. The van der Waals surface area contributed by atoms with Crippen molar-refractivity contribution in [3.05, 3.63) is 24.3 Å². The van der Waals surface area contributed by atoms with Crippen molar-refractivity contribution < 1.29 is 9.47 Å². The van der Waals surface area contributed by atoms with Crippen LogP contribution in [0.15, 0.2) is 29.3 Å². The topological polar surface area (TPSA) is 68.9 Å². The van der Waals surface area contributed by atoms with Crippen molar-refractivity contribution in [2.24, 2.45) is 16.6 Å². The van der Waals surface area contributed by atoms with Crippen molar-refractivity contribution in [2.75, 3.05) is 26.8 Å². The quantitative estimate of drug-likeness (QED) is 0.417. The minimum atomic E-state index is 0.514. The molecule has 0 aromatic heterocycles. The van der Waals surface area contributed by atoms with E-state index >= 15 is 0 Å². The Balaban J connectivity index is 2.12. The molecule has 5 heteroatoms. The average molecular weight is 293 g/mol. The van der Waals surface area contributed by atoms with Crippen molar-refractivity contribution >= 4 is 5.96 Å². The van der Waals surface area contributed by atoms with Gasteiger partial charge in [0.05, 0.1) is 13.7 Å². The van der Waals surface area contributed by atoms with E-state index in [1.807, 2.05) is 24.3 Å². The second-order valence-electron chi connectivity index (χ2n) is 5.25. The van der Waals surface area contributed by atoms with Crippen molar-refractivity contribution in [3.8, 4) is 11.5 Å². The molecule has 0 heterocycles. The third kappa shape index (κ3) is 8.07. The predicted molar refractivity (Wildman–Crippen MR) is 87.1 cm³/mol. The van der Waals surface area contributed by atoms with E-state index in [0.29, 0.717) is 25.0 Å². The number of hydrogen-bond acceptors (Lipinski definition) is 3. The van der Waals surface area contributed by atoms with Crippen LogP contribution in [0.2, 0.25) is 0 Å². The van der Waals surface area contributed by atoms with Gasteiger partial charge in [-0.05, 0) is 36.6 Å². The minimum absolute atomic E-state index is 0.514. The van der Waals surface area contributed by atoms with Gasteiger partial charge in [0, 0.05) is 19.5 Å². The number of guanidine groups is 1. The van der Waals surface area contributed by atoms with Crippen molar-refractivity contribution in [1.29, 1.82) is 0 Å². The number of aliphatic imine (C=N–C) groups is 1. The van der Waals surface area contributed by atoms with Crippen LogP contribution in [-0.2, 0) is 0 Å². The van der Waals surface area contributed by atoms with Gasteiger partial charge in [-0.1, -0.05) is 13.8 Å². The van der Waals surface area contributed by atoms with Crippen LogP contribution in [0.3, 0.4) is 0 Å². The fourth-order valence-electron chi connectivity index (χ4n) is 1.67. The Morgan fingerprint density at radius 3 is 2.52 bits per heavy atom. The summed E-state index contributed by atoms with van der Waals surface area (Å²) in [6.07, 6.45) is 1.93. The zero-order valence-corrected chi connectivity index (χ0v) is 13.3. The van der Waals surface area contributed by atoms with Gasteiger partial charge in [-0.25, -0.2) is 0 Å². The van der Waals surface area contributed by atoms with E-state index in [-0.39, 0.29) is 0 Å². The van der Waals surface area contributed by atoms with Gasteiger partial charge in [-0.3, -0.25) is 4.99 Å². The van der Waals surface area contributed by atoms with Gasteiger partial charge in [0.15, 0.2) is 5.96 Å². The summed E-state index contributed by atoms with van der Waals surface area (Å²) in [4.78, 5) is 4.26. The molecule has 3 N–H and O–H groups in total. The molecule has 1 rings (SSSR count). The first-order valence-electron chi connectivity index (χ1n) is 7.42. The van der Waals surface area contributed by atoms with Crippen LogP contribution in [0.4, 0.5) is 0 Å². The second-order valence-corrected chi connectivity index (χ2v) is 5.25. The van der Waals surface area contributed by atoms with Crippen LogP contribution in [0.5, 0.6) is 11.5 Å². The molecule has 0 aliphatic rings. The number of rotatable bonds is 9. The maximum Gasteiger partial charge on any atom is 0.188 e. The first-order valence-corrected chi connectivity index (χ1v) is 7.42. The molecular weight excluding hydrogens is 266 g/mol. The molecule has 1 aromatic carbocycles. The summed E-state index contributed by atoms with van der Waals surface area (Å²) in [5.74, 6) is 2.85. The lowest BCUT2D eigenvalue weighted by atomic mass is 10.1. The Morgan fingerprint density at radius 2 is 1.90 bits per heavy atom. The molecule has 0 fully saturated rings. The van der Waals surface area contributed by atoms with E-state index in [2.05, 4.69) is 24.2 Å². The number of nitrogens with zero attached hydrogens (tertiary/aromatic N) is 1. The minimum Gasteiger partial charge on any atom is -0.497 e. The Kier molecular flexibility index (Phi) is 8.09. The first-order chi connectivity index (χ1) is 10.1. The van der Waals surface area contributed by atoms with E-state index in [1.165, 1.54) is 0 Å². The largest absolute Gasteiger partial charge is 0.497 e. The van der Waals surface area contributed by atoms with E-state index < -0.39 is 0 Å². The maximum absolute atomic E-state index is 5.77. The van der Waals surface area contributed by atoms with Gasteiger partial charge >= 0.3 is 0 Å². The number of hydrogen-bond donors (Lipinski definition) is 2. The van der Waals surface area contributed by atoms with Gasteiger partial charge in [-0.15, -0.1) is 0 Å². The fourth-order valence-corrected chi connectivity index (χ4v) is 1.67. The second kappa shape index (κ2) is 9.91. The molecule has 0 saturated carbocycles. The number of nitrogens with one attached hydrogen (secondary N) is 1. The molecule has 0 saturated heterocycles. The van der Waals surface area contributed by atoms with Crippen LogP contribution < -0.4 is 20.5 Å². The summed E-state index contributed by atoms with van der Waals surface area (Å²) in [7, 11) is 1.65. The molecule has 0 amide bonds.